The number of rotatable bonds is 6. The lowest BCUT2D eigenvalue weighted by Gasteiger charge is -2.19. The van der Waals surface area contributed by atoms with E-state index >= 15 is 0 Å². The van der Waals surface area contributed by atoms with E-state index in [9.17, 15) is 4.79 Å². The van der Waals surface area contributed by atoms with E-state index in [1.165, 1.54) is 0 Å². The fourth-order valence-electron chi connectivity index (χ4n) is 1.76. The minimum Gasteiger partial charge on any atom is -0.370 e. The molecule has 0 spiro atoms. The van der Waals surface area contributed by atoms with Gasteiger partial charge in [-0.05, 0) is 24.5 Å². The molecule has 0 bridgehead atoms. The van der Waals surface area contributed by atoms with Gasteiger partial charge in [-0.15, -0.1) is 0 Å². The zero-order valence-corrected chi connectivity index (χ0v) is 12.8. The summed E-state index contributed by atoms with van der Waals surface area (Å²) in [6.45, 7) is 7.72. The maximum atomic E-state index is 12.3. The molecular weight excluding hydrogens is 262 g/mol. The maximum Gasteiger partial charge on any atom is 0.273 e. The van der Waals surface area contributed by atoms with E-state index in [1.54, 1.807) is 24.1 Å². The summed E-state index contributed by atoms with van der Waals surface area (Å²) in [5, 5.41) is 3.55. The fraction of sp³-hybridized carbons (Fsp3) is 0.571. The van der Waals surface area contributed by atoms with Crippen LogP contribution >= 0.6 is 11.6 Å². The summed E-state index contributed by atoms with van der Waals surface area (Å²) in [6, 6.07) is 3.50. The largest absolute Gasteiger partial charge is 0.370 e. The molecule has 0 aromatic carbocycles. The molecule has 106 valence electrons. The van der Waals surface area contributed by atoms with Crippen LogP contribution in [0, 0.1) is 5.92 Å². The third-order valence-corrected chi connectivity index (χ3v) is 2.90. The fourth-order valence-corrected chi connectivity index (χ4v) is 1.94. The zero-order valence-electron chi connectivity index (χ0n) is 12.0. The molecule has 0 saturated carbocycles. The van der Waals surface area contributed by atoms with Gasteiger partial charge < -0.3 is 10.2 Å². The van der Waals surface area contributed by atoms with Crippen LogP contribution in [0.3, 0.4) is 0 Å². The molecule has 4 nitrogen and oxygen atoms in total. The highest BCUT2D eigenvalue weighted by Gasteiger charge is 2.18. The van der Waals surface area contributed by atoms with Gasteiger partial charge in [-0.1, -0.05) is 32.4 Å². The Morgan fingerprint density at radius 1 is 1.47 bits per heavy atom. The van der Waals surface area contributed by atoms with Crippen LogP contribution in [0.5, 0.6) is 0 Å². The molecule has 0 aliphatic carbocycles. The molecule has 1 aromatic heterocycles. The minimum atomic E-state index is -0.140. The lowest BCUT2D eigenvalue weighted by atomic mass is 10.2. The van der Waals surface area contributed by atoms with Crippen LogP contribution in [0.1, 0.15) is 37.7 Å². The van der Waals surface area contributed by atoms with Crippen LogP contribution in [0.25, 0.3) is 0 Å². The Kier molecular flexibility index (Phi) is 6.09. The average molecular weight is 284 g/mol. The summed E-state index contributed by atoms with van der Waals surface area (Å²) in [4.78, 5) is 18.2. The molecule has 0 unspecified atom stereocenters. The Bertz CT molecular complexity index is 435. The van der Waals surface area contributed by atoms with Gasteiger partial charge in [0, 0.05) is 20.1 Å². The van der Waals surface area contributed by atoms with Crippen LogP contribution in [-0.4, -0.2) is 35.9 Å². The predicted molar refractivity (Wildman–Crippen MR) is 79.8 cm³/mol. The molecule has 1 N–H and O–H groups in total. The normalized spacial score (nSPS) is 10.6. The first-order chi connectivity index (χ1) is 8.95. The van der Waals surface area contributed by atoms with Crippen molar-refractivity contribution < 1.29 is 4.79 Å². The third-order valence-electron chi connectivity index (χ3n) is 2.59. The van der Waals surface area contributed by atoms with Crippen molar-refractivity contribution in [2.45, 2.75) is 27.2 Å². The first kappa shape index (κ1) is 15.8. The van der Waals surface area contributed by atoms with Crippen molar-refractivity contribution in [1.82, 2.24) is 9.88 Å². The van der Waals surface area contributed by atoms with Gasteiger partial charge in [0.1, 0.15) is 11.5 Å². The molecule has 1 amide bonds. The standard InChI is InChI=1S/C14H22ClN3O/c1-5-8-16-12-7-6-11(15)13(17-12)14(19)18(4)9-10(2)3/h6-7,10H,5,8-9H2,1-4H3,(H,16,17). The molecule has 0 aliphatic heterocycles. The van der Waals surface area contributed by atoms with E-state index in [1.807, 2.05) is 0 Å². The molecule has 0 saturated heterocycles. The van der Waals surface area contributed by atoms with Gasteiger partial charge >= 0.3 is 0 Å². The number of halogens is 1. The summed E-state index contributed by atoms with van der Waals surface area (Å²) in [5.41, 5.74) is 0.311. The van der Waals surface area contributed by atoms with E-state index in [4.69, 9.17) is 11.6 Å². The summed E-state index contributed by atoms with van der Waals surface area (Å²) < 4.78 is 0. The van der Waals surface area contributed by atoms with Crippen LogP contribution < -0.4 is 5.32 Å². The molecule has 0 aliphatic rings. The number of hydrogen-bond acceptors (Lipinski definition) is 3. The number of anilines is 1. The Hall–Kier alpha value is -1.29. The van der Waals surface area contributed by atoms with Crippen molar-refractivity contribution in [2.24, 2.45) is 5.92 Å². The maximum absolute atomic E-state index is 12.3. The van der Waals surface area contributed by atoms with Gasteiger partial charge in [0.25, 0.3) is 5.91 Å². The van der Waals surface area contributed by atoms with Gasteiger partial charge in [0.15, 0.2) is 0 Å². The SMILES string of the molecule is CCCNc1ccc(Cl)c(C(=O)N(C)CC(C)C)n1. The molecule has 0 fully saturated rings. The summed E-state index contributed by atoms with van der Waals surface area (Å²) >= 11 is 6.07. The van der Waals surface area contributed by atoms with Gasteiger partial charge in [-0.3, -0.25) is 4.79 Å². The van der Waals surface area contributed by atoms with Crippen LogP contribution in [-0.2, 0) is 0 Å². The number of carbonyl (C=O) groups is 1. The van der Waals surface area contributed by atoms with E-state index in [-0.39, 0.29) is 5.91 Å². The highest BCUT2D eigenvalue weighted by molar-refractivity contribution is 6.33. The molecule has 0 radical (unpaired) electrons. The summed E-state index contributed by atoms with van der Waals surface area (Å²) in [5.74, 6) is 0.959. The molecule has 19 heavy (non-hydrogen) atoms. The Labute approximate surface area is 120 Å². The Balaban J connectivity index is 2.88. The van der Waals surface area contributed by atoms with Gasteiger partial charge in [0.2, 0.25) is 0 Å². The molecule has 1 rings (SSSR count). The number of aromatic nitrogens is 1. The average Bonchev–Trinajstić information content (AvgIpc) is 2.36. The van der Waals surface area contributed by atoms with Gasteiger partial charge in [0.05, 0.1) is 5.02 Å². The third kappa shape index (κ3) is 4.71. The van der Waals surface area contributed by atoms with E-state index in [2.05, 4.69) is 31.1 Å². The number of nitrogens with zero attached hydrogens (tertiary/aromatic N) is 2. The van der Waals surface area contributed by atoms with Gasteiger partial charge in [-0.2, -0.15) is 0 Å². The van der Waals surface area contributed by atoms with Crippen molar-refractivity contribution in [3.8, 4) is 0 Å². The van der Waals surface area contributed by atoms with Crippen molar-refractivity contribution in [3.05, 3.63) is 22.8 Å². The lowest BCUT2D eigenvalue weighted by Crippen LogP contribution is -2.31. The lowest BCUT2D eigenvalue weighted by molar-refractivity contribution is 0.0773. The zero-order chi connectivity index (χ0) is 14.4. The second-order valence-electron chi connectivity index (χ2n) is 5.03. The molecule has 0 atom stereocenters. The molecular formula is C14H22ClN3O. The summed E-state index contributed by atoms with van der Waals surface area (Å²) in [7, 11) is 1.77. The minimum absolute atomic E-state index is 0.140. The topological polar surface area (TPSA) is 45.2 Å². The predicted octanol–water partition coefficient (Wildman–Crippen LogP) is 3.28. The first-order valence-electron chi connectivity index (χ1n) is 6.61. The van der Waals surface area contributed by atoms with E-state index in [0.717, 1.165) is 13.0 Å². The number of hydrogen-bond donors (Lipinski definition) is 1. The van der Waals surface area contributed by atoms with E-state index in [0.29, 0.717) is 29.0 Å². The van der Waals surface area contributed by atoms with Crippen molar-refractivity contribution in [1.29, 1.82) is 0 Å². The van der Waals surface area contributed by atoms with Crippen LogP contribution in [0.15, 0.2) is 12.1 Å². The molecule has 5 heteroatoms. The second kappa shape index (κ2) is 7.34. The number of pyridine rings is 1. The number of amides is 1. The van der Waals surface area contributed by atoms with Gasteiger partial charge in [-0.25, -0.2) is 4.98 Å². The van der Waals surface area contributed by atoms with E-state index < -0.39 is 0 Å². The molecule has 1 aromatic rings. The van der Waals surface area contributed by atoms with Crippen LogP contribution in [0.2, 0.25) is 5.02 Å². The molecule has 1 heterocycles. The first-order valence-corrected chi connectivity index (χ1v) is 6.99. The second-order valence-corrected chi connectivity index (χ2v) is 5.44. The highest BCUT2D eigenvalue weighted by Crippen LogP contribution is 2.18. The number of nitrogens with one attached hydrogen (secondary N) is 1. The quantitative estimate of drug-likeness (QED) is 0.871. The smallest absolute Gasteiger partial charge is 0.273 e. The van der Waals surface area contributed by atoms with Crippen LogP contribution in [0.4, 0.5) is 5.82 Å². The Morgan fingerprint density at radius 3 is 2.74 bits per heavy atom. The van der Waals surface area contributed by atoms with Crippen molar-refractivity contribution >= 4 is 23.3 Å². The highest BCUT2D eigenvalue weighted by atomic mass is 35.5. The van der Waals surface area contributed by atoms with Crippen molar-refractivity contribution in [3.63, 3.8) is 0 Å². The summed E-state index contributed by atoms with van der Waals surface area (Å²) in [6.07, 6.45) is 1.00. The van der Waals surface area contributed by atoms with Crippen molar-refractivity contribution in [2.75, 3.05) is 25.5 Å². The monoisotopic (exact) mass is 283 g/mol. The number of carbonyl (C=O) groups excluding carboxylic acids is 1. The Morgan fingerprint density at radius 2 is 2.16 bits per heavy atom.